The first kappa shape index (κ1) is 31.5. The highest BCUT2D eigenvalue weighted by Crippen LogP contribution is 2.34. The van der Waals surface area contributed by atoms with Gasteiger partial charge in [-0.15, -0.1) is 0 Å². The van der Waals surface area contributed by atoms with Gasteiger partial charge in [-0.2, -0.15) is 30.7 Å². The zero-order valence-corrected chi connectivity index (χ0v) is 22.7. The minimum Gasteiger partial charge on any atom is -0.477 e. The van der Waals surface area contributed by atoms with Crippen LogP contribution in [-0.2, 0) is 12.6 Å². The van der Waals surface area contributed by atoms with E-state index < -0.39 is 61.9 Å². The molecule has 0 saturated carbocycles. The minimum atomic E-state index is -4.63. The maximum Gasteiger partial charge on any atom is 0.434 e. The molecule has 0 aromatic carbocycles. The molecule has 0 radical (unpaired) electrons. The number of alkyl halides is 8. The molecule has 1 saturated heterocycles. The van der Waals surface area contributed by atoms with Gasteiger partial charge in [0.05, 0.1) is 60.5 Å². The molecule has 4 rings (SSSR count). The fourth-order valence-electron chi connectivity index (χ4n) is 4.24. The lowest BCUT2D eigenvalue weighted by atomic mass is 9.93. The Morgan fingerprint density at radius 3 is 2.48 bits per heavy atom. The van der Waals surface area contributed by atoms with Gasteiger partial charge in [-0.1, -0.05) is 0 Å². The van der Waals surface area contributed by atoms with Gasteiger partial charge >= 0.3 is 12.4 Å². The van der Waals surface area contributed by atoms with Crippen molar-refractivity contribution in [3.8, 4) is 5.88 Å². The largest absolute Gasteiger partial charge is 0.477 e. The van der Waals surface area contributed by atoms with Gasteiger partial charge in [0.1, 0.15) is 0 Å². The number of halogens is 8. The third-order valence-electron chi connectivity index (χ3n) is 6.46. The van der Waals surface area contributed by atoms with E-state index in [1.54, 1.807) is 6.92 Å². The van der Waals surface area contributed by atoms with E-state index in [0.717, 1.165) is 22.6 Å². The summed E-state index contributed by atoms with van der Waals surface area (Å²) in [5.41, 5.74) is -0.0666. The van der Waals surface area contributed by atoms with Crippen LogP contribution in [0.15, 0.2) is 30.7 Å². The Morgan fingerprint density at radius 2 is 1.88 bits per heavy atom. The third kappa shape index (κ3) is 8.30. The summed E-state index contributed by atoms with van der Waals surface area (Å²) in [5, 5.41) is 2.63. The Morgan fingerprint density at radius 1 is 1.12 bits per heavy atom. The lowest BCUT2D eigenvalue weighted by Gasteiger charge is -2.38. The van der Waals surface area contributed by atoms with E-state index in [1.165, 1.54) is 18.3 Å². The van der Waals surface area contributed by atoms with Crippen LogP contribution in [0.1, 0.15) is 45.2 Å². The van der Waals surface area contributed by atoms with Crippen LogP contribution in [0.2, 0.25) is 0 Å². The molecule has 1 unspecified atom stereocenters. The smallest absolute Gasteiger partial charge is 0.434 e. The van der Waals surface area contributed by atoms with Crippen molar-refractivity contribution in [1.29, 1.82) is 0 Å². The second-order valence-electron chi connectivity index (χ2n) is 9.67. The number of amides is 1. The second-order valence-corrected chi connectivity index (χ2v) is 10.5. The SMILES string of the molecule is Cc1nsc(Cc2cnc(C(F)(F)F)cn2)c1C(=O)Nc1ccc(OCC2CCN(CCC(F)(F)F)CC2(F)F)nc1. The zero-order valence-electron chi connectivity index (χ0n) is 21.9. The van der Waals surface area contributed by atoms with Crippen molar-refractivity contribution >= 4 is 23.1 Å². The Bertz CT molecular complexity index is 1360. The maximum atomic E-state index is 14.5. The van der Waals surface area contributed by atoms with Crippen molar-refractivity contribution in [1.82, 2.24) is 24.2 Å². The normalized spacial score (nSPS) is 17.7. The lowest BCUT2D eigenvalue weighted by Crippen LogP contribution is -2.50. The molecule has 4 heterocycles. The number of rotatable bonds is 9. The van der Waals surface area contributed by atoms with Gasteiger partial charge < -0.3 is 10.1 Å². The highest BCUT2D eigenvalue weighted by atomic mass is 32.1. The standard InChI is InChI=1S/C25H24F8N6O2S/c1-14-21(18(42-38-14)8-17-10-35-19(11-34-17)25(31,32)33)22(40)37-16-2-3-20(36-9-16)41-12-15-4-6-39(13-23(15,26)27)7-5-24(28,29)30/h2-3,9-11,15H,4-8,12-13H2,1H3,(H,37,40). The molecular weight excluding hydrogens is 600 g/mol. The van der Waals surface area contributed by atoms with Crippen LogP contribution in [0, 0.1) is 12.8 Å². The molecule has 1 N–H and O–H groups in total. The van der Waals surface area contributed by atoms with Crippen molar-refractivity contribution < 1.29 is 44.7 Å². The topological polar surface area (TPSA) is 93.1 Å². The van der Waals surface area contributed by atoms with Crippen LogP contribution in [0.25, 0.3) is 0 Å². The van der Waals surface area contributed by atoms with Crippen LogP contribution in [0.3, 0.4) is 0 Å². The highest BCUT2D eigenvalue weighted by Gasteiger charge is 2.45. The number of aromatic nitrogens is 4. The molecule has 1 aliphatic rings. The van der Waals surface area contributed by atoms with Crippen LogP contribution in [0.4, 0.5) is 40.8 Å². The molecule has 228 valence electrons. The number of nitrogens with one attached hydrogen (secondary N) is 1. The van der Waals surface area contributed by atoms with Gasteiger partial charge in [-0.3, -0.25) is 14.7 Å². The molecule has 42 heavy (non-hydrogen) atoms. The second kappa shape index (κ2) is 12.4. The summed E-state index contributed by atoms with van der Waals surface area (Å²) in [7, 11) is 0. The number of carbonyl (C=O) groups excluding carboxylic acids is 1. The van der Waals surface area contributed by atoms with Gasteiger partial charge in [-0.05, 0) is 37.5 Å². The van der Waals surface area contributed by atoms with Crippen LogP contribution < -0.4 is 10.1 Å². The summed E-state index contributed by atoms with van der Waals surface area (Å²) < 4.78 is 114. The predicted octanol–water partition coefficient (Wildman–Crippen LogP) is 5.79. The van der Waals surface area contributed by atoms with Crippen molar-refractivity contribution in [2.75, 3.05) is 31.6 Å². The molecule has 1 aliphatic heterocycles. The molecule has 0 spiro atoms. The first-order chi connectivity index (χ1) is 19.6. The van der Waals surface area contributed by atoms with E-state index in [2.05, 4.69) is 24.6 Å². The van der Waals surface area contributed by atoms with Crippen molar-refractivity contribution in [3.63, 3.8) is 0 Å². The molecule has 3 aromatic heterocycles. The molecule has 1 fully saturated rings. The predicted molar refractivity (Wildman–Crippen MR) is 135 cm³/mol. The quantitative estimate of drug-likeness (QED) is 0.302. The maximum absolute atomic E-state index is 14.5. The highest BCUT2D eigenvalue weighted by molar-refractivity contribution is 7.06. The molecule has 0 aliphatic carbocycles. The zero-order chi connectivity index (χ0) is 30.7. The van der Waals surface area contributed by atoms with Crippen LogP contribution in [-0.4, -0.2) is 68.5 Å². The summed E-state index contributed by atoms with van der Waals surface area (Å²) in [6.45, 7) is 0.00307. The summed E-state index contributed by atoms with van der Waals surface area (Å²) in [6.07, 6.45) is -7.38. The van der Waals surface area contributed by atoms with E-state index >= 15 is 0 Å². The number of hydrogen-bond donors (Lipinski definition) is 1. The fourth-order valence-corrected chi connectivity index (χ4v) is 5.12. The Kier molecular flexibility index (Phi) is 9.30. The van der Waals surface area contributed by atoms with Crippen molar-refractivity contribution in [2.24, 2.45) is 5.92 Å². The van der Waals surface area contributed by atoms with Crippen molar-refractivity contribution in [2.45, 2.75) is 44.5 Å². The number of nitrogens with zero attached hydrogens (tertiary/aromatic N) is 5. The number of ether oxygens (including phenoxy) is 1. The monoisotopic (exact) mass is 624 g/mol. The first-order valence-corrected chi connectivity index (χ1v) is 13.3. The van der Waals surface area contributed by atoms with Crippen molar-refractivity contribution in [3.05, 3.63) is 58.2 Å². The molecule has 1 amide bonds. The molecular formula is C25H24F8N6O2S. The number of likely N-dealkylation sites (tertiary alicyclic amines) is 1. The Labute approximate surface area is 238 Å². The number of pyridine rings is 1. The number of carbonyl (C=O) groups is 1. The van der Waals surface area contributed by atoms with E-state index in [4.69, 9.17) is 4.74 Å². The number of piperidine rings is 1. The molecule has 17 heteroatoms. The van der Waals surface area contributed by atoms with Crippen LogP contribution >= 0.6 is 11.5 Å². The number of aryl methyl sites for hydroxylation is 1. The molecule has 3 aromatic rings. The third-order valence-corrected chi connectivity index (χ3v) is 7.40. The van der Waals surface area contributed by atoms with E-state index in [-0.39, 0.29) is 42.2 Å². The number of hydrogen-bond acceptors (Lipinski definition) is 8. The molecule has 0 bridgehead atoms. The Balaban J connectivity index is 1.31. The van der Waals surface area contributed by atoms with Gasteiger partial charge in [-0.25, -0.2) is 18.7 Å². The average molecular weight is 625 g/mol. The summed E-state index contributed by atoms with van der Waals surface area (Å²) in [5.74, 6) is -4.99. The number of anilines is 1. The average Bonchev–Trinajstić information content (AvgIpc) is 3.26. The van der Waals surface area contributed by atoms with E-state index in [9.17, 15) is 39.9 Å². The van der Waals surface area contributed by atoms with Crippen LogP contribution in [0.5, 0.6) is 5.88 Å². The summed E-state index contributed by atoms with van der Waals surface area (Å²) in [4.78, 5) is 25.7. The lowest BCUT2D eigenvalue weighted by molar-refractivity contribution is -0.152. The van der Waals surface area contributed by atoms with Gasteiger partial charge in [0.25, 0.3) is 11.8 Å². The molecule has 8 nitrogen and oxygen atoms in total. The minimum absolute atomic E-state index is 0.0123. The Hall–Kier alpha value is -3.47. The van der Waals surface area contributed by atoms with E-state index in [1.807, 2.05) is 0 Å². The summed E-state index contributed by atoms with van der Waals surface area (Å²) >= 11 is 0.995. The van der Waals surface area contributed by atoms with E-state index in [0.29, 0.717) is 16.8 Å². The molecule has 1 atom stereocenters. The fraction of sp³-hybridized carbons (Fsp3) is 0.480. The first-order valence-electron chi connectivity index (χ1n) is 12.5. The van der Waals surface area contributed by atoms with Gasteiger partial charge in [0.2, 0.25) is 5.88 Å². The van der Waals surface area contributed by atoms with Gasteiger partial charge in [0, 0.05) is 30.1 Å². The van der Waals surface area contributed by atoms with Gasteiger partial charge in [0.15, 0.2) is 5.69 Å². The summed E-state index contributed by atoms with van der Waals surface area (Å²) in [6, 6.07) is 2.80.